The van der Waals surface area contributed by atoms with Gasteiger partial charge in [0.1, 0.15) is 23.3 Å². The number of carboxylic acids is 1. The zero-order valence-electron chi connectivity index (χ0n) is 63.3. The normalized spacial score (nSPS) is 14.5. The number of aryl methyl sites for hydroxylation is 8. The van der Waals surface area contributed by atoms with Crippen LogP contribution < -0.4 is 30.0 Å². The molecule has 2 aliphatic heterocycles. The number of likely N-dealkylation sites (tertiary alicyclic amines) is 2. The summed E-state index contributed by atoms with van der Waals surface area (Å²) in [5, 5.41) is 9.76. The van der Waals surface area contributed by atoms with Crippen LogP contribution in [0.4, 0.5) is 70.2 Å². The number of Topliss-reactive ketones (excluding diaryl/α,β-unsaturated/α-hetero) is 2. The first-order chi connectivity index (χ1) is 49.2. The number of hydrogen-bond acceptors (Lipinski definition) is 10. The number of nitrogens with zero attached hydrogens (tertiary/aromatic N) is 4. The molecule has 2 fully saturated rings. The van der Waals surface area contributed by atoms with Gasteiger partial charge in [0.2, 0.25) is 0 Å². The number of rotatable bonds is 29. The average molecular weight is 1610 g/mol. The van der Waals surface area contributed by atoms with Gasteiger partial charge < -0.3 is 34.3 Å². The third kappa shape index (κ3) is 24.3. The predicted molar refractivity (Wildman–Crippen MR) is 390 cm³/mol. The molecule has 0 saturated carbocycles. The Balaban J connectivity index is 0.000000551. The van der Waals surface area contributed by atoms with Crippen LogP contribution in [0.15, 0.2) is 70.5 Å². The van der Waals surface area contributed by atoms with Crippen LogP contribution in [0, 0.1) is 76.6 Å². The van der Waals surface area contributed by atoms with E-state index in [4.69, 9.17) is 4.74 Å². The molecule has 0 aliphatic carbocycles. The van der Waals surface area contributed by atoms with Crippen LogP contribution in [0.3, 0.4) is 0 Å². The number of halogens is 16. The van der Waals surface area contributed by atoms with Gasteiger partial charge in [-0.05, 0) is 208 Å². The maximum Gasteiger partial charge on any atom is 1.00 e. The first kappa shape index (κ1) is 97.3. The fourth-order valence-corrected chi connectivity index (χ4v) is 14.4. The topological polar surface area (TPSA) is 178 Å². The Morgan fingerprint density at radius 1 is 0.482 bits per heavy atom. The summed E-state index contributed by atoms with van der Waals surface area (Å²) in [7, 11) is 0. The quantitative estimate of drug-likeness (QED) is 0.0268. The predicted octanol–water partition coefficient (Wildman–Crippen LogP) is 15.9. The average Bonchev–Trinajstić information content (AvgIpc) is 0.756. The van der Waals surface area contributed by atoms with Crippen molar-refractivity contribution >= 4 is 50.5 Å². The second-order valence-electron chi connectivity index (χ2n) is 28.7. The number of aromatic nitrogens is 2. The summed E-state index contributed by atoms with van der Waals surface area (Å²) < 4.78 is 243. The molecule has 4 heterocycles. The Hall–Kier alpha value is -6.88. The van der Waals surface area contributed by atoms with Crippen molar-refractivity contribution in [1.82, 2.24) is 18.9 Å². The molecular weight excluding hydrogens is 1510 g/mol. The molecule has 0 bridgehead atoms. The number of aliphatic carboxylic acids is 1. The van der Waals surface area contributed by atoms with Gasteiger partial charge in [-0.25, -0.2) is 17.6 Å². The van der Waals surface area contributed by atoms with E-state index in [-0.39, 0.29) is 118 Å². The Labute approximate surface area is 654 Å². The van der Waals surface area contributed by atoms with E-state index in [2.05, 4.69) is 9.80 Å². The molecule has 604 valence electrons. The van der Waals surface area contributed by atoms with Gasteiger partial charge in [-0.2, -0.15) is 79.7 Å². The van der Waals surface area contributed by atoms with E-state index in [0.717, 1.165) is 71.7 Å². The van der Waals surface area contributed by atoms with Gasteiger partial charge in [0.15, 0.2) is 11.6 Å². The number of alkyl halides is 12. The fourth-order valence-electron chi connectivity index (χ4n) is 14.4. The Morgan fingerprint density at radius 2 is 0.800 bits per heavy atom. The number of carbonyl (C=O) groups is 4. The number of pyridine rings is 2. The first-order valence-corrected chi connectivity index (χ1v) is 35.1. The van der Waals surface area contributed by atoms with Crippen molar-refractivity contribution in [2.75, 3.05) is 45.9 Å². The molecule has 2 aliphatic rings. The van der Waals surface area contributed by atoms with Crippen molar-refractivity contribution in [1.29, 1.82) is 0 Å². The van der Waals surface area contributed by atoms with Crippen molar-refractivity contribution in [2.45, 2.75) is 202 Å². The van der Waals surface area contributed by atoms with E-state index in [1.807, 2.05) is 0 Å². The zero-order valence-corrected chi connectivity index (χ0v) is 65.3. The molecule has 13 nitrogen and oxygen atoms in total. The smallest absolute Gasteiger partial charge is 0.870 e. The van der Waals surface area contributed by atoms with Gasteiger partial charge in [-0.15, -0.1) is 0 Å². The fraction of sp³-hybridized carbons (Fsp3) is 0.513. The van der Waals surface area contributed by atoms with E-state index in [0.29, 0.717) is 72.5 Å². The van der Waals surface area contributed by atoms with Gasteiger partial charge in [0, 0.05) is 71.5 Å². The van der Waals surface area contributed by atoms with E-state index < -0.39 is 177 Å². The number of carbonyl (C=O) groups excluding carboxylic acids is 3. The molecule has 4 aromatic carbocycles. The Bertz CT molecular complexity index is 4310. The van der Waals surface area contributed by atoms with Crippen molar-refractivity contribution < 1.29 is 124 Å². The van der Waals surface area contributed by atoms with Gasteiger partial charge >= 0.3 is 55.5 Å². The summed E-state index contributed by atoms with van der Waals surface area (Å²) in [5.41, 5.74) is -9.33. The van der Waals surface area contributed by atoms with Crippen LogP contribution in [0.2, 0.25) is 0 Å². The number of hydrogen-bond donors (Lipinski definition) is 1. The minimum atomic E-state index is -5.34. The Kier molecular flexibility index (Phi) is 35.6. The summed E-state index contributed by atoms with van der Waals surface area (Å²) >= 11 is 0. The van der Waals surface area contributed by atoms with Gasteiger partial charge in [-0.3, -0.25) is 28.8 Å². The summed E-state index contributed by atoms with van der Waals surface area (Å²) in [6.45, 7) is 21.9. The van der Waals surface area contributed by atoms with E-state index >= 15 is 17.6 Å². The second-order valence-corrected chi connectivity index (χ2v) is 28.7. The maximum absolute atomic E-state index is 16.8. The number of ether oxygens (including phenoxy) is 1. The molecule has 2 aromatic heterocycles. The van der Waals surface area contributed by atoms with Crippen LogP contribution in [0.25, 0.3) is 22.3 Å². The van der Waals surface area contributed by atoms with Gasteiger partial charge in [-0.1, -0.05) is 63.1 Å². The molecule has 4 atom stereocenters. The van der Waals surface area contributed by atoms with Crippen molar-refractivity contribution in [3.05, 3.63) is 183 Å². The molecule has 6 aromatic rings. The van der Waals surface area contributed by atoms with Crippen LogP contribution in [0.5, 0.6) is 0 Å². The van der Waals surface area contributed by atoms with Crippen LogP contribution in [-0.2, 0) is 61.5 Å². The molecule has 2 N–H and O–H groups in total. The SMILES string of the molecule is CCOC(=O)C[C@H](CC(=O)C(CC(C)C)n1cc(CCCN2CCC2)c(C(F)(F)F)cc1=O)c1c(F)c(-c2c(C)cc(C)cc2C)cc(C(F)(F)F)c1F.Cc1cc(C)c(-c2cc(C(F)(F)F)c(F)c([C@H](CC(=O)O)CC(=O)C(CC(C)C)n3cc(CCCN4CCC4)c(C(F)(F)F)cc3=O)c2F)c(C)c1.S.S.[Li+].[OH-]. The van der Waals surface area contributed by atoms with Crippen molar-refractivity contribution in [3.63, 3.8) is 0 Å². The molecule has 0 radical (unpaired) electrons. The van der Waals surface area contributed by atoms with E-state index in [1.165, 1.54) is 20.8 Å². The zero-order chi connectivity index (χ0) is 79.2. The largest absolute Gasteiger partial charge is 1.00 e. The molecular formula is C78H93F16LiN4O9S2. The van der Waals surface area contributed by atoms with Gasteiger partial charge in [0.25, 0.3) is 11.1 Å². The monoisotopic (exact) mass is 1600 g/mol. The summed E-state index contributed by atoms with van der Waals surface area (Å²) in [6, 6.07) is 4.93. The minimum absolute atomic E-state index is 0. The molecule has 0 amide bonds. The number of esters is 1. The van der Waals surface area contributed by atoms with E-state index in [9.17, 15) is 86.6 Å². The van der Waals surface area contributed by atoms with Crippen LogP contribution in [0.1, 0.15) is 201 Å². The molecule has 2 saturated heterocycles. The molecule has 8 rings (SSSR count). The Morgan fingerprint density at radius 3 is 1.07 bits per heavy atom. The number of carboxylic acid groups (broad SMARTS) is 1. The summed E-state index contributed by atoms with van der Waals surface area (Å²) in [4.78, 5) is 84.0. The van der Waals surface area contributed by atoms with Gasteiger partial charge in [0.05, 0.1) is 53.8 Å². The van der Waals surface area contributed by atoms with E-state index in [1.54, 1.807) is 79.7 Å². The molecule has 2 unspecified atom stereocenters. The number of ketones is 2. The standard InChI is InChI=1S/C40H46F8N2O4.C38H42F8N2O4.Li.H2O.2H2S/c1-7-54-34(53)18-27(36-37(41)28(19-30(38(36)42)40(46,47)48)35-24(5)15-23(4)16-25(35)6)17-32(51)31(14-22(2)3)50-21-26(10-8-11-49-12-9-13-49)29(20-33(50)52)39(43,44)45;1-20(2)12-29(48-19-24(8-6-9-47-10-7-11-47)27(18-31(48)50)37(41,42)43)30(49)15-25(16-32(51)52)34-35(39)26(17-28(36(34)40)38(44,45)46)33-22(4)13-21(3)14-23(33)5;;;;/h15-16,19-22,27,31H,7-14,17-18H2,1-6H3;13-14,17-20,25,29H,6-12,15-16H2,1-5H3,(H,51,52);;3*1H2/q;;+1;;;/p-1/t27-,31?;25-,29?;;;;/m00..../s1. The third-order valence-corrected chi connectivity index (χ3v) is 19.3. The second kappa shape index (κ2) is 40.2. The summed E-state index contributed by atoms with van der Waals surface area (Å²) in [5.74, 6) is -16.1. The molecule has 110 heavy (non-hydrogen) atoms. The first-order valence-electron chi connectivity index (χ1n) is 35.1. The molecule has 0 spiro atoms. The van der Waals surface area contributed by atoms with Crippen LogP contribution >= 0.6 is 27.0 Å². The number of benzene rings is 4. The van der Waals surface area contributed by atoms with Crippen LogP contribution in [-0.4, -0.2) is 98.9 Å². The van der Waals surface area contributed by atoms with Crippen molar-refractivity contribution in [2.24, 2.45) is 11.8 Å². The summed E-state index contributed by atoms with van der Waals surface area (Å²) in [6.07, 6.45) is -20.3. The molecule has 32 heteroatoms. The maximum atomic E-state index is 16.8. The third-order valence-electron chi connectivity index (χ3n) is 19.3. The van der Waals surface area contributed by atoms with Crippen molar-refractivity contribution in [3.8, 4) is 22.3 Å². The minimum Gasteiger partial charge on any atom is -0.870 e.